The second kappa shape index (κ2) is 9.71. The van der Waals surface area contributed by atoms with Gasteiger partial charge < -0.3 is 4.42 Å². The van der Waals surface area contributed by atoms with Gasteiger partial charge in [-0.3, -0.25) is 9.97 Å². The fourth-order valence-electron chi connectivity index (χ4n) is 5.73. The van der Waals surface area contributed by atoms with Gasteiger partial charge in [0.2, 0.25) is 5.71 Å². The fourth-order valence-corrected chi connectivity index (χ4v) is 5.73. The van der Waals surface area contributed by atoms with Crippen LogP contribution in [0.5, 0.6) is 0 Å². The van der Waals surface area contributed by atoms with E-state index >= 15 is 0 Å². The lowest BCUT2D eigenvalue weighted by Crippen LogP contribution is -2.23. The molecular weight excluding hydrogens is 490 g/mol. The van der Waals surface area contributed by atoms with Crippen molar-refractivity contribution in [2.45, 2.75) is 60.3 Å². The monoisotopic (exact) mass is 525 g/mol. The minimum atomic E-state index is -0.415. The lowest BCUT2D eigenvalue weighted by molar-refractivity contribution is 0.595. The summed E-state index contributed by atoms with van der Waals surface area (Å²) >= 11 is 0. The number of nitrogens with zero attached hydrogens (tertiary/aromatic N) is 3. The average Bonchev–Trinajstić information content (AvgIpc) is 3.32. The molecule has 4 nitrogen and oxygen atoms in total. The van der Waals surface area contributed by atoms with Crippen LogP contribution in [0.15, 0.2) is 77.2 Å². The van der Waals surface area contributed by atoms with E-state index < -0.39 is 5.41 Å². The predicted molar refractivity (Wildman–Crippen MR) is 165 cm³/mol. The number of benzene rings is 2. The zero-order valence-corrected chi connectivity index (χ0v) is 24.4. The molecule has 0 fully saturated rings. The first-order valence-corrected chi connectivity index (χ1v) is 14.0. The van der Waals surface area contributed by atoms with Crippen molar-refractivity contribution in [3.8, 4) is 22.5 Å². The second-order valence-corrected chi connectivity index (χ2v) is 11.5. The molecule has 200 valence electrons. The van der Waals surface area contributed by atoms with E-state index in [4.69, 9.17) is 19.4 Å². The van der Waals surface area contributed by atoms with Crippen LogP contribution in [0.25, 0.3) is 44.6 Å². The molecule has 0 saturated heterocycles. The first-order valence-electron chi connectivity index (χ1n) is 14.0. The minimum absolute atomic E-state index is 0.415. The first kappa shape index (κ1) is 25.9. The van der Waals surface area contributed by atoms with Gasteiger partial charge in [0.25, 0.3) is 0 Å². The molecule has 0 bridgehead atoms. The molecule has 0 unspecified atom stereocenters. The van der Waals surface area contributed by atoms with Crippen molar-refractivity contribution in [1.29, 1.82) is 0 Å². The Bertz CT molecular complexity index is 1900. The number of aromatic nitrogens is 3. The van der Waals surface area contributed by atoms with Gasteiger partial charge in [0.1, 0.15) is 5.58 Å². The number of hydrogen-bond acceptors (Lipinski definition) is 4. The summed E-state index contributed by atoms with van der Waals surface area (Å²) in [6.07, 6.45) is 0.924. The fraction of sp³-hybridized carbons (Fsp3) is 0.250. The predicted octanol–water partition coefficient (Wildman–Crippen LogP) is 9.23. The summed E-state index contributed by atoms with van der Waals surface area (Å²) in [5, 5.41) is 2.25. The quantitative estimate of drug-likeness (QED) is 0.225. The van der Waals surface area contributed by atoms with Crippen LogP contribution in [0.4, 0.5) is 0 Å². The van der Waals surface area contributed by atoms with Gasteiger partial charge in [0.05, 0.1) is 28.2 Å². The molecule has 0 N–H and O–H groups in total. The number of rotatable bonds is 5. The third-order valence-electron chi connectivity index (χ3n) is 7.96. The van der Waals surface area contributed by atoms with Crippen LogP contribution in [-0.4, -0.2) is 15.0 Å². The molecule has 0 atom stereocenters. The smallest absolute Gasteiger partial charge is 0.227 e. The van der Waals surface area contributed by atoms with Crippen molar-refractivity contribution in [3.63, 3.8) is 0 Å². The zero-order valence-electron chi connectivity index (χ0n) is 24.4. The van der Waals surface area contributed by atoms with Crippen LogP contribution >= 0.6 is 0 Å². The van der Waals surface area contributed by atoms with Crippen LogP contribution in [0.3, 0.4) is 0 Å². The van der Waals surface area contributed by atoms with Crippen LogP contribution in [0, 0.1) is 27.7 Å². The van der Waals surface area contributed by atoms with Crippen molar-refractivity contribution in [2.75, 3.05) is 0 Å². The van der Waals surface area contributed by atoms with Crippen LogP contribution < -0.4 is 0 Å². The van der Waals surface area contributed by atoms with Crippen molar-refractivity contribution in [1.82, 2.24) is 15.0 Å². The molecule has 40 heavy (non-hydrogen) atoms. The maximum Gasteiger partial charge on any atom is 0.227 e. The molecule has 4 heterocycles. The van der Waals surface area contributed by atoms with Gasteiger partial charge in [-0.1, -0.05) is 43.3 Å². The highest BCUT2D eigenvalue weighted by molar-refractivity contribution is 6.11. The topological polar surface area (TPSA) is 51.8 Å². The molecule has 0 amide bonds. The van der Waals surface area contributed by atoms with Crippen molar-refractivity contribution in [2.24, 2.45) is 0 Å². The first-order chi connectivity index (χ1) is 19.2. The number of fused-ring (bicyclic) bond motifs is 3. The summed E-state index contributed by atoms with van der Waals surface area (Å²) < 4.78 is 6.51. The molecule has 0 aliphatic carbocycles. The molecule has 6 aromatic rings. The highest BCUT2D eigenvalue weighted by Crippen LogP contribution is 2.40. The molecular formula is C36H35N3O. The van der Waals surface area contributed by atoms with E-state index in [0.29, 0.717) is 5.71 Å². The molecule has 0 radical (unpaired) electrons. The molecule has 0 spiro atoms. The van der Waals surface area contributed by atoms with Crippen molar-refractivity contribution < 1.29 is 4.42 Å². The zero-order chi connectivity index (χ0) is 28.2. The van der Waals surface area contributed by atoms with Crippen molar-refractivity contribution >= 4 is 22.1 Å². The molecule has 0 aliphatic rings. The third kappa shape index (κ3) is 4.38. The number of furan rings is 1. The Balaban J connectivity index is 1.53. The van der Waals surface area contributed by atoms with E-state index in [-0.39, 0.29) is 0 Å². The lowest BCUT2D eigenvalue weighted by Gasteiger charge is -2.26. The Morgan fingerprint density at radius 1 is 0.700 bits per heavy atom. The van der Waals surface area contributed by atoms with E-state index in [1.54, 1.807) is 0 Å². The van der Waals surface area contributed by atoms with Gasteiger partial charge >= 0.3 is 0 Å². The van der Waals surface area contributed by atoms with Gasteiger partial charge in [-0.2, -0.15) is 0 Å². The second-order valence-electron chi connectivity index (χ2n) is 11.5. The summed E-state index contributed by atoms with van der Waals surface area (Å²) in [5.74, 6) is 0. The van der Waals surface area contributed by atoms with E-state index in [0.717, 1.165) is 67.9 Å². The number of aryl methyl sites for hydroxylation is 5. The van der Waals surface area contributed by atoms with E-state index in [1.165, 1.54) is 16.7 Å². The van der Waals surface area contributed by atoms with Gasteiger partial charge in [-0.25, -0.2) is 4.98 Å². The maximum atomic E-state index is 6.51. The van der Waals surface area contributed by atoms with Crippen LogP contribution in [-0.2, 0) is 11.8 Å². The highest BCUT2D eigenvalue weighted by atomic mass is 16.3. The Labute approximate surface area is 236 Å². The van der Waals surface area contributed by atoms with Crippen molar-refractivity contribution in [3.05, 3.63) is 112 Å². The summed E-state index contributed by atoms with van der Waals surface area (Å²) in [6.45, 7) is 15.0. The number of pyridine rings is 3. The Morgan fingerprint density at radius 2 is 1.35 bits per heavy atom. The Hall–Kier alpha value is -4.31. The highest BCUT2D eigenvalue weighted by Gasteiger charge is 2.29. The summed E-state index contributed by atoms with van der Waals surface area (Å²) in [6, 6.07) is 25.5. The Kier molecular flexibility index (Phi) is 6.29. The average molecular weight is 526 g/mol. The summed E-state index contributed by atoms with van der Waals surface area (Å²) in [7, 11) is 0. The normalized spacial score (nSPS) is 12.0. The van der Waals surface area contributed by atoms with Crippen LogP contribution in [0.1, 0.15) is 60.1 Å². The summed E-state index contributed by atoms with van der Waals surface area (Å²) in [4.78, 5) is 15.2. The molecule has 6 rings (SSSR count). The third-order valence-corrected chi connectivity index (χ3v) is 7.96. The molecule has 4 aromatic heterocycles. The SMILES string of the molecule is CCc1cc(C)nc2oc3c(-c4cc(C)cc(C(C)(C)c5cc(C)cc(-c6ccccc6)n5)n4)ccc(C)c3c12. The van der Waals surface area contributed by atoms with E-state index in [9.17, 15) is 0 Å². The van der Waals surface area contributed by atoms with Gasteiger partial charge in [-0.15, -0.1) is 0 Å². The van der Waals surface area contributed by atoms with E-state index in [1.807, 2.05) is 13.0 Å². The van der Waals surface area contributed by atoms with Gasteiger partial charge in [0.15, 0.2) is 0 Å². The summed E-state index contributed by atoms with van der Waals surface area (Å²) in [5.41, 5.74) is 12.9. The minimum Gasteiger partial charge on any atom is -0.437 e. The maximum absolute atomic E-state index is 6.51. The van der Waals surface area contributed by atoms with Gasteiger partial charge in [-0.05, 0) is 107 Å². The molecule has 4 heteroatoms. The molecule has 2 aromatic carbocycles. The van der Waals surface area contributed by atoms with Crippen LogP contribution in [0.2, 0.25) is 0 Å². The van der Waals surface area contributed by atoms with E-state index in [2.05, 4.69) is 108 Å². The van der Waals surface area contributed by atoms with Gasteiger partial charge in [0, 0.05) is 27.6 Å². The lowest BCUT2D eigenvalue weighted by atomic mass is 9.83. The Morgan fingerprint density at radius 3 is 2.02 bits per heavy atom. The molecule has 0 saturated carbocycles. The molecule has 0 aliphatic heterocycles. The largest absolute Gasteiger partial charge is 0.437 e. The number of hydrogen-bond donors (Lipinski definition) is 0. The standard InChI is InChI=1S/C36H35N3O/c1-8-25-20-24(5)37-35-33(25)32-23(4)14-15-27(34(32)40-35)29-17-22(3)19-31(39-29)36(6,7)30-18-21(2)16-28(38-30)26-12-10-9-11-13-26/h9-20H,8H2,1-7H3.